The van der Waals surface area contributed by atoms with Gasteiger partial charge in [0.15, 0.2) is 0 Å². The maximum Gasteiger partial charge on any atom is 0.408 e. The average molecular weight is 307 g/mol. The zero-order chi connectivity index (χ0) is 15.5. The van der Waals surface area contributed by atoms with Crippen LogP contribution >= 0.6 is 11.8 Å². The quantitative estimate of drug-likeness (QED) is 0.568. The van der Waals surface area contributed by atoms with Crippen molar-refractivity contribution in [3.63, 3.8) is 0 Å². The molecule has 0 aliphatic carbocycles. The SMILES string of the molecule is C#CCSCCC(NC(=O)OCc1ccccc1)C(=O)O. The maximum absolute atomic E-state index is 11.6. The summed E-state index contributed by atoms with van der Waals surface area (Å²) >= 11 is 1.44. The second kappa shape index (κ2) is 9.72. The standard InChI is InChI=1S/C15H17NO4S/c1-2-9-21-10-8-13(14(17)18)16-15(19)20-11-12-6-4-3-5-7-12/h1,3-7,13H,8-11H2,(H,16,19)(H,17,18). The van der Waals surface area contributed by atoms with Crippen molar-refractivity contribution in [2.24, 2.45) is 0 Å². The minimum absolute atomic E-state index is 0.102. The molecule has 1 amide bonds. The van der Waals surface area contributed by atoms with Crippen LogP contribution in [0.3, 0.4) is 0 Å². The van der Waals surface area contributed by atoms with Crippen LogP contribution in [0, 0.1) is 12.3 Å². The molecule has 0 fully saturated rings. The first-order chi connectivity index (χ1) is 10.1. The van der Waals surface area contributed by atoms with Gasteiger partial charge in [0.05, 0.1) is 5.75 Å². The Bertz CT molecular complexity index is 498. The van der Waals surface area contributed by atoms with Gasteiger partial charge in [-0.2, -0.15) is 0 Å². The van der Waals surface area contributed by atoms with E-state index in [4.69, 9.17) is 16.3 Å². The van der Waals surface area contributed by atoms with Gasteiger partial charge in [0.2, 0.25) is 0 Å². The fourth-order valence-corrected chi connectivity index (χ4v) is 2.16. The number of hydrogen-bond donors (Lipinski definition) is 2. The number of hydrogen-bond acceptors (Lipinski definition) is 4. The molecule has 0 aromatic heterocycles. The van der Waals surface area contributed by atoms with Crippen molar-refractivity contribution >= 4 is 23.8 Å². The van der Waals surface area contributed by atoms with E-state index in [1.165, 1.54) is 11.8 Å². The minimum Gasteiger partial charge on any atom is -0.480 e. The predicted molar refractivity (Wildman–Crippen MR) is 82.0 cm³/mol. The van der Waals surface area contributed by atoms with Crippen molar-refractivity contribution in [2.45, 2.75) is 19.1 Å². The smallest absolute Gasteiger partial charge is 0.408 e. The van der Waals surface area contributed by atoms with E-state index in [9.17, 15) is 9.59 Å². The van der Waals surface area contributed by atoms with Gasteiger partial charge in [0.1, 0.15) is 12.6 Å². The van der Waals surface area contributed by atoms with Crippen LogP contribution in [0.2, 0.25) is 0 Å². The third kappa shape index (κ3) is 7.28. The Balaban J connectivity index is 2.35. The van der Waals surface area contributed by atoms with Crippen molar-refractivity contribution in [1.82, 2.24) is 5.32 Å². The number of ether oxygens (including phenoxy) is 1. The lowest BCUT2D eigenvalue weighted by atomic mass is 10.2. The van der Waals surface area contributed by atoms with Crippen LogP contribution in [0.15, 0.2) is 30.3 Å². The molecular formula is C15H17NO4S. The normalized spacial score (nSPS) is 11.2. The van der Waals surface area contributed by atoms with Gasteiger partial charge in [0.25, 0.3) is 0 Å². The van der Waals surface area contributed by atoms with Gasteiger partial charge in [-0.15, -0.1) is 18.2 Å². The molecule has 0 aliphatic heterocycles. The average Bonchev–Trinajstić information content (AvgIpc) is 2.49. The summed E-state index contributed by atoms with van der Waals surface area (Å²) in [5.74, 6) is 2.44. The lowest BCUT2D eigenvalue weighted by Gasteiger charge is -2.14. The number of alkyl carbamates (subject to hydrolysis) is 1. The van der Waals surface area contributed by atoms with Gasteiger partial charge >= 0.3 is 12.1 Å². The van der Waals surface area contributed by atoms with Crippen molar-refractivity contribution in [1.29, 1.82) is 0 Å². The summed E-state index contributed by atoms with van der Waals surface area (Å²) in [5, 5.41) is 11.4. The van der Waals surface area contributed by atoms with Crippen molar-refractivity contribution in [3.8, 4) is 12.3 Å². The molecule has 5 nitrogen and oxygen atoms in total. The Labute approximate surface area is 128 Å². The second-order valence-electron chi connectivity index (χ2n) is 4.14. The largest absolute Gasteiger partial charge is 0.480 e. The van der Waals surface area contributed by atoms with Gasteiger partial charge in [0, 0.05) is 0 Å². The number of carbonyl (C=O) groups is 2. The molecule has 0 spiro atoms. The predicted octanol–water partition coefficient (Wildman–Crippen LogP) is 2.12. The highest BCUT2D eigenvalue weighted by Crippen LogP contribution is 2.05. The number of carboxylic acid groups (broad SMARTS) is 1. The van der Waals surface area contributed by atoms with E-state index in [0.29, 0.717) is 17.9 Å². The van der Waals surface area contributed by atoms with Gasteiger partial charge in [-0.25, -0.2) is 9.59 Å². The number of amides is 1. The fourth-order valence-electron chi connectivity index (χ4n) is 1.50. The summed E-state index contributed by atoms with van der Waals surface area (Å²) in [7, 11) is 0. The van der Waals surface area contributed by atoms with Gasteiger partial charge in [-0.3, -0.25) is 0 Å². The third-order valence-electron chi connectivity index (χ3n) is 2.54. The molecule has 1 aromatic carbocycles. The van der Waals surface area contributed by atoms with Crippen molar-refractivity contribution in [3.05, 3.63) is 35.9 Å². The number of terminal acetylenes is 1. The number of rotatable bonds is 8. The van der Waals surface area contributed by atoms with Crippen LogP contribution in [0.5, 0.6) is 0 Å². The number of nitrogens with one attached hydrogen (secondary N) is 1. The Morgan fingerprint density at radius 1 is 1.38 bits per heavy atom. The number of carbonyl (C=O) groups excluding carboxylic acids is 1. The van der Waals surface area contributed by atoms with E-state index in [1.807, 2.05) is 30.3 Å². The van der Waals surface area contributed by atoms with Gasteiger partial charge in [-0.1, -0.05) is 36.3 Å². The van der Waals surface area contributed by atoms with Crippen LogP contribution in [0.1, 0.15) is 12.0 Å². The molecule has 0 heterocycles. The van der Waals surface area contributed by atoms with Gasteiger partial charge in [-0.05, 0) is 17.7 Å². The molecule has 0 bridgehead atoms. The molecule has 1 unspecified atom stereocenters. The molecule has 112 valence electrons. The topological polar surface area (TPSA) is 75.6 Å². The summed E-state index contributed by atoms with van der Waals surface area (Å²) < 4.78 is 4.98. The second-order valence-corrected chi connectivity index (χ2v) is 5.25. The highest BCUT2D eigenvalue weighted by Gasteiger charge is 2.20. The van der Waals surface area contributed by atoms with Crippen LogP contribution in [-0.4, -0.2) is 34.7 Å². The Hall–Kier alpha value is -2.13. The summed E-state index contributed by atoms with van der Waals surface area (Å²) in [6, 6.07) is 8.19. The van der Waals surface area contributed by atoms with Gasteiger partial charge < -0.3 is 15.2 Å². The maximum atomic E-state index is 11.6. The molecule has 0 saturated heterocycles. The lowest BCUT2D eigenvalue weighted by Crippen LogP contribution is -2.41. The molecule has 6 heteroatoms. The minimum atomic E-state index is -1.09. The number of thioether (sulfide) groups is 1. The molecular weight excluding hydrogens is 290 g/mol. The first-order valence-corrected chi connectivity index (χ1v) is 7.50. The van der Waals surface area contributed by atoms with E-state index in [-0.39, 0.29) is 6.61 Å². The zero-order valence-corrected chi connectivity index (χ0v) is 12.3. The molecule has 2 N–H and O–H groups in total. The van der Waals surface area contributed by atoms with E-state index < -0.39 is 18.1 Å². The summed E-state index contributed by atoms with van der Waals surface area (Å²) in [4.78, 5) is 22.6. The number of benzene rings is 1. The monoisotopic (exact) mass is 307 g/mol. The Morgan fingerprint density at radius 2 is 2.10 bits per heavy atom. The third-order valence-corrected chi connectivity index (χ3v) is 3.43. The van der Waals surface area contributed by atoms with E-state index >= 15 is 0 Å². The van der Waals surface area contributed by atoms with Crippen LogP contribution in [0.25, 0.3) is 0 Å². The molecule has 1 rings (SSSR count). The highest BCUT2D eigenvalue weighted by molar-refractivity contribution is 7.99. The van der Waals surface area contributed by atoms with Crippen molar-refractivity contribution in [2.75, 3.05) is 11.5 Å². The Morgan fingerprint density at radius 3 is 2.71 bits per heavy atom. The fraction of sp³-hybridized carbons (Fsp3) is 0.333. The molecule has 0 saturated carbocycles. The summed E-state index contributed by atoms with van der Waals surface area (Å²) in [5.41, 5.74) is 0.837. The summed E-state index contributed by atoms with van der Waals surface area (Å²) in [6.45, 7) is 0.102. The molecule has 21 heavy (non-hydrogen) atoms. The molecule has 0 aliphatic rings. The molecule has 0 radical (unpaired) electrons. The molecule has 1 aromatic rings. The van der Waals surface area contributed by atoms with E-state index in [2.05, 4.69) is 11.2 Å². The lowest BCUT2D eigenvalue weighted by molar-refractivity contribution is -0.139. The highest BCUT2D eigenvalue weighted by atomic mass is 32.2. The Kier molecular flexibility index (Phi) is 7.84. The first-order valence-electron chi connectivity index (χ1n) is 6.34. The first kappa shape index (κ1) is 16.9. The summed E-state index contributed by atoms with van der Waals surface area (Å²) in [6.07, 6.45) is 4.66. The number of aliphatic carboxylic acids is 1. The van der Waals surface area contributed by atoms with E-state index in [1.54, 1.807) is 0 Å². The van der Waals surface area contributed by atoms with Crippen molar-refractivity contribution < 1.29 is 19.4 Å². The van der Waals surface area contributed by atoms with Crippen LogP contribution in [0.4, 0.5) is 4.79 Å². The number of carboxylic acids is 1. The van der Waals surface area contributed by atoms with E-state index in [0.717, 1.165) is 5.56 Å². The van der Waals surface area contributed by atoms with Crippen LogP contribution < -0.4 is 5.32 Å². The van der Waals surface area contributed by atoms with Crippen LogP contribution in [-0.2, 0) is 16.1 Å². The zero-order valence-electron chi connectivity index (χ0n) is 11.5. The molecule has 1 atom stereocenters.